The largest absolute Gasteiger partial charge is 0.495 e. The van der Waals surface area contributed by atoms with E-state index in [9.17, 15) is 9.59 Å². The number of esters is 1. The van der Waals surface area contributed by atoms with Crippen LogP contribution in [0, 0.1) is 0 Å². The number of morpholine rings is 1. The van der Waals surface area contributed by atoms with E-state index in [-0.39, 0.29) is 18.1 Å². The Bertz CT molecular complexity index is 577. The molecule has 106 valence electrons. The summed E-state index contributed by atoms with van der Waals surface area (Å²) < 4.78 is 10.2. The van der Waals surface area contributed by atoms with Gasteiger partial charge in [-0.3, -0.25) is 0 Å². The minimum Gasteiger partial charge on any atom is -0.495 e. The standard InChI is InChI=1S/C13H13ClN2O4/c1-19-11-3-2-7(14)4-9(11)15-13(18)16-6-8-5-10(16)12(17)20-8/h2-4,8,10H,5-6H2,1H3,(H,15,18)/t8-,10+/m1/s1. The molecule has 0 radical (unpaired) electrons. The van der Waals surface area contributed by atoms with Crippen LogP contribution in [0.15, 0.2) is 18.2 Å². The minimum atomic E-state index is -0.481. The fourth-order valence-corrected chi connectivity index (χ4v) is 2.71. The fourth-order valence-electron chi connectivity index (χ4n) is 2.54. The summed E-state index contributed by atoms with van der Waals surface area (Å²) in [5.41, 5.74) is 0.473. The molecule has 3 rings (SSSR count). The molecule has 0 aliphatic carbocycles. The summed E-state index contributed by atoms with van der Waals surface area (Å²) in [4.78, 5) is 25.2. The van der Waals surface area contributed by atoms with Crippen molar-refractivity contribution in [2.24, 2.45) is 0 Å². The Morgan fingerprint density at radius 1 is 1.55 bits per heavy atom. The van der Waals surface area contributed by atoms with Crippen LogP contribution >= 0.6 is 11.6 Å². The first-order valence-electron chi connectivity index (χ1n) is 6.20. The van der Waals surface area contributed by atoms with Gasteiger partial charge >= 0.3 is 12.0 Å². The molecule has 1 aromatic carbocycles. The molecule has 2 aliphatic rings. The third-order valence-electron chi connectivity index (χ3n) is 3.48. The number of rotatable bonds is 2. The number of anilines is 1. The van der Waals surface area contributed by atoms with Gasteiger partial charge in [0.05, 0.1) is 19.3 Å². The highest BCUT2D eigenvalue weighted by molar-refractivity contribution is 6.31. The SMILES string of the molecule is COc1ccc(Cl)cc1NC(=O)N1C[C@H]2C[C@H]1C(=O)O2. The van der Waals surface area contributed by atoms with Crippen molar-refractivity contribution in [2.45, 2.75) is 18.6 Å². The smallest absolute Gasteiger partial charge is 0.329 e. The predicted octanol–water partition coefficient (Wildman–Crippen LogP) is 1.88. The van der Waals surface area contributed by atoms with Gasteiger partial charge in [0.1, 0.15) is 17.9 Å². The molecule has 0 unspecified atom stereocenters. The highest BCUT2D eigenvalue weighted by Crippen LogP contribution is 2.31. The third kappa shape index (κ3) is 2.16. The van der Waals surface area contributed by atoms with E-state index in [1.54, 1.807) is 18.2 Å². The number of hydrogen-bond donors (Lipinski definition) is 1. The Hall–Kier alpha value is -1.95. The van der Waals surface area contributed by atoms with Gasteiger partial charge in [-0.1, -0.05) is 11.6 Å². The second kappa shape index (κ2) is 4.86. The zero-order valence-electron chi connectivity index (χ0n) is 10.8. The van der Waals surface area contributed by atoms with Gasteiger partial charge in [-0.2, -0.15) is 0 Å². The Balaban J connectivity index is 1.77. The number of carbonyl (C=O) groups excluding carboxylic acids is 2. The molecular weight excluding hydrogens is 284 g/mol. The molecule has 0 saturated carbocycles. The Kier molecular flexibility index (Phi) is 3.17. The zero-order chi connectivity index (χ0) is 14.3. The number of benzene rings is 1. The number of ether oxygens (including phenoxy) is 2. The topological polar surface area (TPSA) is 67.9 Å². The molecule has 2 bridgehead atoms. The summed E-state index contributed by atoms with van der Waals surface area (Å²) in [6.45, 7) is 0.422. The summed E-state index contributed by atoms with van der Waals surface area (Å²) in [7, 11) is 1.51. The lowest BCUT2D eigenvalue weighted by molar-refractivity contribution is -0.149. The maximum absolute atomic E-state index is 12.2. The van der Waals surface area contributed by atoms with Crippen molar-refractivity contribution in [3.63, 3.8) is 0 Å². The molecule has 7 heteroatoms. The lowest BCUT2D eigenvalue weighted by Crippen LogP contribution is -2.46. The molecule has 2 atom stereocenters. The van der Waals surface area contributed by atoms with Crippen molar-refractivity contribution >= 4 is 29.3 Å². The number of urea groups is 1. The summed E-state index contributed by atoms with van der Waals surface area (Å²) in [6, 6.07) is 4.11. The van der Waals surface area contributed by atoms with Gasteiger partial charge in [-0.25, -0.2) is 9.59 Å². The van der Waals surface area contributed by atoms with E-state index >= 15 is 0 Å². The Labute approximate surface area is 120 Å². The van der Waals surface area contributed by atoms with Gasteiger partial charge in [-0.05, 0) is 18.2 Å². The van der Waals surface area contributed by atoms with Gasteiger partial charge in [0, 0.05) is 11.4 Å². The van der Waals surface area contributed by atoms with Gasteiger partial charge in [0.25, 0.3) is 0 Å². The maximum Gasteiger partial charge on any atom is 0.329 e. The van der Waals surface area contributed by atoms with Crippen molar-refractivity contribution in [3.05, 3.63) is 23.2 Å². The van der Waals surface area contributed by atoms with Crippen LogP contribution in [0.1, 0.15) is 6.42 Å². The normalized spacial score (nSPS) is 23.7. The van der Waals surface area contributed by atoms with Crippen LogP contribution in [-0.4, -0.2) is 42.7 Å². The molecule has 2 amide bonds. The maximum atomic E-state index is 12.2. The number of methoxy groups -OCH3 is 1. The van der Waals surface area contributed by atoms with Gasteiger partial charge in [-0.15, -0.1) is 0 Å². The first kappa shape index (κ1) is 13.1. The highest BCUT2D eigenvalue weighted by atomic mass is 35.5. The monoisotopic (exact) mass is 296 g/mol. The van der Waals surface area contributed by atoms with Crippen LogP contribution in [0.2, 0.25) is 5.02 Å². The van der Waals surface area contributed by atoms with Gasteiger partial charge in [0.2, 0.25) is 0 Å². The summed E-state index contributed by atoms with van der Waals surface area (Å²) in [5, 5.41) is 3.21. The van der Waals surface area contributed by atoms with Crippen LogP contribution in [0.3, 0.4) is 0 Å². The summed E-state index contributed by atoms with van der Waals surface area (Å²) in [5.74, 6) is 0.171. The zero-order valence-corrected chi connectivity index (χ0v) is 11.5. The second-order valence-corrected chi connectivity index (χ2v) is 5.17. The van der Waals surface area contributed by atoms with Crippen molar-refractivity contribution in [2.75, 3.05) is 19.0 Å². The van der Waals surface area contributed by atoms with Crippen molar-refractivity contribution < 1.29 is 19.1 Å². The van der Waals surface area contributed by atoms with E-state index < -0.39 is 6.04 Å². The number of halogens is 1. The van der Waals surface area contributed by atoms with Crippen LogP contribution in [0.4, 0.5) is 10.5 Å². The predicted molar refractivity (Wildman–Crippen MR) is 72.0 cm³/mol. The van der Waals surface area contributed by atoms with E-state index in [0.717, 1.165) is 0 Å². The molecule has 0 spiro atoms. The Morgan fingerprint density at radius 2 is 2.35 bits per heavy atom. The number of nitrogens with zero attached hydrogens (tertiary/aromatic N) is 1. The third-order valence-corrected chi connectivity index (χ3v) is 3.72. The lowest BCUT2D eigenvalue weighted by Gasteiger charge is -2.26. The molecule has 1 N–H and O–H groups in total. The van der Waals surface area contributed by atoms with Gasteiger partial charge < -0.3 is 19.7 Å². The molecule has 2 fully saturated rings. The molecule has 6 nitrogen and oxygen atoms in total. The van der Waals surface area contributed by atoms with Crippen molar-refractivity contribution in [3.8, 4) is 5.75 Å². The van der Waals surface area contributed by atoms with E-state index in [1.807, 2.05) is 0 Å². The highest BCUT2D eigenvalue weighted by Gasteiger charge is 2.48. The summed E-state index contributed by atoms with van der Waals surface area (Å²) in [6.07, 6.45) is 0.387. The average Bonchev–Trinajstić information content (AvgIpc) is 2.98. The van der Waals surface area contributed by atoms with E-state index in [1.165, 1.54) is 12.0 Å². The molecule has 2 saturated heterocycles. The van der Waals surface area contributed by atoms with Crippen LogP contribution < -0.4 is 10.1 Å². The van der Waals surface area contributed by atoms with Crippen molar-refractivity contribution in [1.29, 1.82) is 0 Å². The molecular formula is C13H13ClN2O4. The van der Waals surface area contributed by atoms with Crippen molar-refractivity contribution in [1.82, 2.24) is 4.90 Å². The van der Waals surface area contributed by atoms with E-state index in [2.05, 4.69) is 5.32 Å². The molecule has 1 aromatic rings. The quantitative estimate of drug-likeness (QED) is 0.846. The molecule has 0 aromatic heterocycles. The number of hydrogen-bond acceptors (Lipinski definition) is 4. The second-order valence-electron chi connectivity index (χ2n) is 4.74. The number of likely N-dealkylation sites (tertiary alicyclic amines) is 1. The number of fused-ring (bicyclic) bond motifs is 2. The molecule has 2 heterocycles. The lowest BCUT2D eigenvalue weighted by atomic mass is 10.2. The number of nitrogens with one attached hydrogen (secondary N) is 1. The molecule has 20 heavy (non-hydrogen) atoms. The average molecular weight is 297 g/mol. The fraction of sp³-hybridized carbons (Fsp3) is 0.385. The Morgan fingerprint density at radius 3 is 3.00 bits per heavy atom. The molecule has 2 aliphatic heterocycles. The van der Waals surface area contributed by atoms with Crippen LogP contribution in [0.25, 0.3) is 0 Å². The number of amides is 2. The van der Waals surface area contributed by atoms with E-state index in [4.69, 9.17) is 21.1 Å². The number of carbonyl (C=O) groups is 2. The summed E-state index contributed by atoms with van der Waals surface area (Å²) >= 11 is 5.91. The van der Waals surface area contributed by atoms with Crippen LogP contribution in [0.5, 0.6) is 5.75 Å². The van der Waals surface area contributed by atoms with Gasteiger partial charge in [0.15, 0.2) is 0 Å². The van der Waals surface area contributed by atoms with Crippen LogP contribution in [-0.2, 0) is 9.53 Å². The first-order valence-corrected chi connectivity index (χ1v) is 6.58. The minimum absolute atomic E-state index is 0.181. The van der Waals surface area contributed by atoms with E-state index in [0.29, 0.717) is 29.4 Å². The first-order chi connectivity index (χ1) is 9.58.